The molecule has 1 fully saturated rings. The molecule has 1 unspecified atom stereocenters. The number of likely N-dealkylation sites (tertiary alicyclic amines) is 1. The summed E-state index contributed by atoms with van der Waals surface area (Å²) in [5.41, 5.74) is 2.77. The van der Waals surface area contributed by atoms with E-state index in [0.717, 1.165) is 36.2 Å². The number of methoxy groups -OCH3 is 1. The number of rotatable bonds is 4. The quantitative estimate of drug-likeness (QED) is 0.906. The minimum Gasteiger partial charge on any atom is -0.375 e. The lowest BCUT2D eigenvalue weighted by Gasteiger charge is -2.38. The molecule has 7 heteroatoms. The molecule has 1 aliphatic heterocycles. The van der Waals surface area contributed by atoms with Crippen molar-refractivity contribution in [3.63, 3.8) is 0 Å². The van der Waals surface area contributed by atoms with E-state index in [1.807, 2.05) is 36.9 Å². The standard InChI is InChI=1S/C19H26N4O3/c1-13-7-5-8-15(14(13)2)20-18(24)23-10-6-9-19(3,12-23)17-21-16(11-25-4)26-22-17/h5,7-8H,6,9-12H2,1-4H3,(H,20,24). The molecule has 0 saturated carbocycles. The van der Waals surface area contributed by atoms with Crippen molar-refractivity contribution in [2.75, 3.05) is 25.5 Å². The summed E-state index contributed by atoms with van der Waals surface area (Å²) < 4.78 is 10.3. The zero-order chi connectivity index (χ0) is 18.7. The molecule has 1 atom stereocenters. The predicted molar refractivity (Wildman–Crippen MR) is 98.1 cm³/mol. The van der Waals surface area contributed by atoms with Gasteiger partial charge in [0, 0.05) is 31.3 Å². The second-order valence-corrected chi connectivity index (χ2v) is 7.21. The Labute approximate surface area is 153 Å². The van der Waals surface area contributed by atoms with Crippen LogP contribution in [0.15, 0.2) is 22.7 Å². The Hall–Kier alpha value is -2.41. The van der Waals surface area contributed by atoms with Gasteiger partial charge in [0.25, 0.3) is 5.89 Å². The van der Waals surface area contributed by atoms with Crippen LogP contribution in [0.2, 0.25) is 0 Å². The van der Waals surface area contributed by atoms with Crippen LogP contribution in [-0.2, 0) is 16.8 Å². The van der Waals surface area contributed by atoms with Crippen LogP contribution in [0.3, 0.4) is 0 Å². The molecule has 2 heterocycles. The Bertz CT molecular complexity index is 789. The van der Waals surface area contributed by atoms with Gasteiger partial charge in [-0.1, -0.05) is 24.2 Å². The molecule has 1 N–H and O–H groups in total. The topological polar surface area (TPSA) is 80.5 Å². The average molecular weight is 358 g/mol. The van der Waals surface area contributed by atoms with Crippen molar-refractivity contribution in [1.29, 1.82) is 0 Å². The molecule has 2 aromatic rings. The lowest BCUT2D eigenvalue weighted by atomic mass is 9.81. The highest BCUT2D eigenvalue weighted by molar-refractivity contribution is 5.90. The molecule has 0 aliphatic carbocycles. The first-order chi connectivity index (χ1) is 12.4. The lowest BCUT2D eigenvalue weighted by Crippen LogP contribution is -2.49. The molecule has 1 saturated heterocycles. The maximum absolute atomic E-state index is 12.8. The number of ether oxygens (including phenoxy) is 1. The van der Waals surface area contributed by atoms with Gasteiger partial charge >= 0.3 is 6.03 Å². The summed E-state index contributed by atoms with van der Waals surface area (Å²) in [6.45, 7) is 7.69. The monoisotopic (exact) mass is 358 g/mol. The highest BCUT2D eigenvalue weighted by Crippen LogP contribution is 2.32. The van der Waals surface area contributed by atoms with E-state index in [1.54, 1.807) is 7.11 Å². The van der Waals surface area contributed by atoms with Crippen molar-refractivity contribution in [3.05, 3.63) is 41.0 Å². The second-order valence-electron chi connectivity index (χ2n) is 7.21. The smallest absolute Gasteiger partial charge is 0.321 e. The van der Waals surface area contributed by atoms with Gasteiger partial charge < -0.3 is 19.5 Å². The van der Waals surface area contributed by atoms with Crippen LogP contribution in [-0.4, -0.2) is 41.3 Å². The number of aryl methyl sites for hydroxylation is 1. The third-order valence-electron chi connectivity index (χ3n) is 5.11. The number of carbonyl (C=O) groups is 1. The fraction of sp³-hybridized carbons (Fsp3) is 0.526. The van der Waals surface area contributed by atoms with Crippen LogP contribution in [0.5, 0.6) is 0 Å². The lowest BCUT2D eigenvalue weighted by molar-refractivity contribution is 0.150. The van der Waals surface area contributed by atoms with E-state index in [1.165, 1.54) is 0 Å². The van der Waals surface area contributed by atoms with Gasteiger partial charge in [-0.15, -0.1) is 0 Å². The SMILES string of the molecule is COCc1nc(C2(C)CCCN(C(=O)Nc3cccc(C)c3C)C2)no1. The van der Waals surface area contributed by atoms with Crippen molar-refractivity contribution in [2.24, 2.45) is 0 Å². The number of nitrogens with one attached hydrogen (secondary N) is 1. The summed E-state index contributed by atoms with van der Waals surface area (Å²) in [4.78, 5) is 19.1. The number of carbonyl (C=O) groups excluding carboxylic acids is 1. The largest absolute Gasteiger partial charge is 0.375 e. The number of aromatic nitrogens is 2. The molecule has 0 radical (unpaired) electrons. The third-order valence-corrected chi connectivity index (χ3v) is 5.11. The van der Waals surface area contributed by atoms with Crippen LogP contribution in [0.25, 0.3) is 0 Å². The molecule has 1 aromatic heterocycles. The van der Waals surface area contributed by atoms with E-state index < -0.39 is 0 Å². The minimum atomic E-state index is -0.327. The summed E-state index contributed by atoms with van der Waals surface area (Å²) in [5, 5.41) is 7.15. The Morgan fingerprint density at radius 3 is 3.00 bits per heavy atom. The number of piperidine rings is 1. The van der Waals surface area contributed by atoms with E-state index >= 15 is 0 Å². The van der Waals surface area contributed by atoms with Gasteiger partial charge in [0.2, 0.25) is 0 Å². The normalized spacial score (nSPS) is 20.2. The van der Waals surface area contributed by atoms with Crippen LogP contribution >= 0.6 is 0 Å². The van der Waals surface area contributed by atoms with Gasteiger partial charge in [0.05, 0.1) is 0 Å². The molecule has 0 spiro atoms. The van der Waals surface area contributed by atoms with Crippen molar-refractivity contribution in [2.45, 2.75) is 45.6 Å². The van der Waals surface area contributed by atoms with Gasteiger partial charge in [0.15, 0.2) is 5.82 Å². The zero-order valence-electron chi connectivity index (χ0n) is 15.8. The fourth-order valence-electron chi connectivity index (χ4n) is 3.36. The maximum atomic E-state index is 12.8. The fourth-order valence-corrected chi connectivity index (χ4v) is 3.36. The number of amides is 2. The van der Waals surface area contributed by atoms with Crippen molar-refractivity contribution in [3.8, 4) is 0 Å². The van der Waals surface area contributed by atoms with E-state index in [0.29, 0.717) is 24.9 Å². The molecule has 1 aromatic carbocycles. The minimum absolute atomic E-state index is 0.0924. The highest BCUT2D eigenvalue weighted by Gasteiger charge is 2.38. The Morgan fingerprint density at radius 2 is 2.23 bits per heavy atom. The third kappa shape index (κ3) is 3.72. The molecular formula is C19H26N4O3. The highest BCUT2D eigenvalue weighted by atomic mass is 16.5. The first-order valence-corrected chi connectivity index (χ1v) is 8.87. The van der Waals surface area contributed by atoms with E-state index in [9.17, 15) is 4.79 Å². The van der Waals surface area contributed by atoms with E-state index in [2.05, 4.69) is 22.4 Å². The maximum Gasteiger partial charge on any atom is 0.321 e. The van der Waals surface area contributed by atoms with E-state index in [4.69, 9.17) is 9.26 Å². The first-order valence-electron chi connectivity index (χ1n) is 8.87. The van der Waals surface area contributed by atoms with Crippen LogP contribution in [0.1, 0.15) is 42.6 Å². The molecular weight excluding hydrogens is 332 g/mol. The summed E-state index contributed by atoms with van der Waals surface area (Å²) in [6, 6.07) is 5.83. The number of hydrogen-bond acceptors (Lipinski definition) is 5. The summed E-state index contributed by atoms with van der Waals surface area (Å²) in [7, 11) is 1.59. The van der Waals surface area contributed by atoms with Gasteiger partial charge in [-0.3, -0.25) is 0 Å². The number of nitrogens with zero attached hydrogens (tertiary/aromatic N) is 3. The van der Waals surface area contributed by atoms with Gasteiger partial charge in [-0.05, 0) is 43.9 Å². The Kier molecular flexibility index (Phi) is 5.27. The van der Waals surface area contributed by atoms with Crippen LogP contribution < -0.4 is 5.32 Å². The van der Waals surface area contributed by atoms with Gasteiger partial charge in [0.1, 0.15) is 6.61 Å². The van der Waals surface area contributed by atoms with Gasteiger partial charge in [-0.2, -0.15) is 4.98 Å². The molecule has 140 valence electrons. The van der Waals surface area contributed by atoms with Crippen molar-refractivity contribution in [1.82, 2.24) is 15.0 Å². The number of anilines is 1. The summed E-state index contributed by atoms with van der Waals surface area (Å²) in [5.74, 6) is 1.09. The molecule has 2 amide bonds. The number of urea groups is 1. The molecule has 26 heavy (non-hydrogen) atoms. The molecule has 7 nitrogen and oxygen atoms in total. The molecule has 0 bridgehead atoms. The van der Waals surface area contributed by atoms with E-state index in [-0.39, 0.29) is 11.4 Å². The first kappa shape index (κ1) is 18.4. The second kappa shape index (κ2) is 7.45. The average Bonchev–Trinajstić information content (AvgIpc) is 3.09. The van der Waals surface area contributed by atoms with Crippen LogP contribution in [0.4, 0.5) is 10.5 Å². The summed E-state index contributed by atoms with van der Waals surface area (Å²) in [6.07, 6.45) is 1.80. The number of hydrogen-bond donors (Lipinski definition) is 1. The number of benzene rings is 1. The predicted octanol–water partition coefficient (Wildman–Crippen LogP) is 3.42. The molecule has 1 aliphatic rings. The Morgan fingerprint density at radius 1 is 1.42 bits per heavy atom. The van der Waals surface area contributed by atoms with Gasteiger partial charge in [-0.25, -0.2) is 4.79 Å². The summed E-state index contributed by atoms with van der Waals surface area (Å²) >= 11 is 0. The molecule has 3 rings (SSSR count). The van der Waals surface area contributed by atoms with Crippen molar-refractivity contribution >= 4 is 11.7 Å². The van der Waals surface area contributed by atoms with Crippen LogP contribution in [0, 0.1) is 13.8 Å². The zero-order valence-corrected chi connectivity index (χ0v) is 15.8. The Balaban J connectivity index is 1.72. The van der Waals surface area contributed by atoms with Crippen molar-refractivity contribution < 1.29 is 14.1 Å².